The predicted molar refractivity (Wildman–Crippen MR) is 19.0 cm³/mol. The van der Waals surface area contributed by atoms with E-state index < -0.39 is 0 Å². The van der Waals surface area contributed by atoms with Crippen LogP contribution >= 0.6 is 32.6 Å². The first kappa shape index (κ1) is 15.8. The molecule has 0 nitrogen and oxygen atoms in total. The Labute approximate surface area is 62.5 Å². The van der Waals surface area contributed by atoms with Gasteiger partial charge < -0.3 is 0 Å². The molecule has 0 N–H and O–H groups in total. The first-order chi connectivity index (χ1) is 1.41. The van der Waals surface area contributed by atoms with E-state index in [1.54, 1.807) is 0 Å². The summed E-state index contributed by atoms with van der Waals surface area (Å²) in [5, 5.41) is 0. The first-order valence-corrected chi connectivity index (χ1v) is 2.82. The van der Waals surface area contributed by atoms with E-state index in [0.29, 0.717) is 0 Å². The van der Waals surface area contributed by atoms with E-state index in [2.05, 4.69) is 20.2 Å². The molecule has 0 atom stereocenters. The van der Waals surface area contributed by atoms with Crippen LogP contribution in [0.1, 0.15) is 0 Å². The maximum Gasteiger partial charge on any atom is 0 e. The number of hydrogen-bond acceptors (Lipinski definition) is 0. The molecule has 0 aromatic rings. The largest absolute Gasteiger partial charge is 0 e. The van der Waals surface area contributed by atoms with Gasteiger partial charge in [-0.25, -0.2) is 0 Å². The fraction of sp³-hybridized carbons (Fsp3) is 0. The second-order valence-corrected chi connectivity index (χ2v) is 1.60. The number of rotatable bonds is 0. The van der Waals surface area contributed by atoms with Crippen molar-refractivity contribution in [3.63, 3.8) is 0 Å². The quantitative estimate of drug-likeness (QED) is 0.561. The SMILES string of the molecule is Cl.[Cl][Cu][Cl].[Cu]. The maximum absolute atomic E-state index is 4.67. The van der Waals surface area contributed by atoms with Crippen molar-refractivity contribution in [3.05, 3.63) is 0 Å². The molecule has 0 fully saturated rings. The molecule has 0 unspecified atom stereocenters. The zero-order valence-electron chi connectivity index (χ0n) is 1.77. The molecule has 0 rings (SSSR count). The molecule has 5 heteroatoms. The average molecular weight is 234 g/mol. The van der Waals surface area contributed by atoms with Crippen molar-refractivity contribution < 1.29 is 30.2 Å². The minimum Gasteiger partial charge on any atom is 0 e. The Kier molecular flexibility index (Phi) is 53.1. The Hall–Kier alpha value is 1.91. The molecule has 5 heavy (non-hydrogen) atoms. The third-order valence-electron chi connectivity index (χ3n) is 0. The van der Waals surface area contributed by atoms with Gasteiger partial charge in [0.05, 0.1) is 0 Å². The fourth-order valence-corrected chi connectivity index (χ4v) is 0. The van der Waals surface area contributed by atoms with Gasteiger partial charge in [0.25, 0.3) is 0 Å². The van der Waals surface area contributed by atoms with Crippen molar-refractivity contribution in [2.75, 3.05) is 0 Å². The molecule has 0 saturated carbocycles. The van der Waals surface area contributed by atoms with Gasteiger partial charge in [-0.05, 0) is 0 Å². The first-order valence-electron chi connectivity index (χ1n) is 0.228. The van der Waals surface area contributed by atoms with Gasteiger partial charge in [-0.15, -0.1) is 12.4 Å². The van der Waals surface area contributed by atoms with Gasteiger partial charge in [0, 0.05) is 17.1 Å². The normalized spacial score (nSPS) is 4.40. The molecule has 0 amide bonds. The van der Waals surface area contributed by atoms with Crippen molar-refractivity contribution in [2.24, 2.45) is 0 Å². The van der Waals surface area contributed by atoms with Gasteiger partial charge in [-0.2, -0.15) is 0 Å². The summed E-state index contributed by atoms with van der Waals surface area (Å²) in [6.45, 7) is 0. The van der Waals surface area contributed by atoms with Crippen molar-refractivity contribution in [3.8, 4) is 0 Å². The van der Waals surface area contributed by atoms with Crippen molar-refractivity contribution in [1.82, 2.24) is 0 Å². The smallest absolute Gasteiger partial charge is 0 e. The van der Waals surface area contributed by atoms with Crippen LogP contribution in [0.25, 0.3) is 0 Å². The van der Waals surface area contributed by atoms with Gasteiger partial charge in [0.15, 0.2) is 0 Å². The van der Waals surface area contributed by atoms with Crippen LogP contribution in [0.4, 0.5) is 0 Å². The summed E-state index contributed by atoms with van der Waals surface area (Å²) in [5.41, 5.74) is 0. The van der Waals surface area contributed by atoms with E-state index in [-0.39, 0.29) is 29.5 Å². The zero-order valence-corrected chi connectivity index (χ0v) is 5.98. The number of hydrogen-bond donors (Lipinski definition) is 0. The molecule has 0 bridgehead atoms. The Morgan fingerprint density at radius 3 is 1.20 bits per heavy atom. The van der Waals surface area contributed by atoms with Gasteiger partial charge in [-0.3, -0.25) is 0 Å². The van der Waals surface area contributed by atoms with Gasteiger partial charge >= 0.3 is 33.3 Å². The van der Waals surface area contributed by atoms with Crippen LogP contribution < -0.4 is 0 Å². The zero-order chi connectivity index (χ0) is 2.71. The molecule has 0 aromatic carbocycles. The second kappa shape index (κ2) is 16.8. The minimum atomic E-state index is 0. The van der Waals surface area contributed by atoms with Crippen LogP contribution in [0.5, 0.6) is 0 Å². The second-order valence-electron chi connectivity index (χ2n) is 0.0431. The monoisotopic (exact) mass is 232 g/mol. The average Bonchev–Trinajstić information content (AvgIpc) is 0.918. The Morgan fingerprint density at radius 2 is 1.20 bits per heavy atom. The Morgan fingerprint density at radius 1 is 1.20 bits per heavy atom. The maximum atomic E-state index is 4.67. The summed E-state index contributed by atoms with van der Waals surface area (Å²) >= 11 is 0.757. The molecular weight excluding hydrogens is 233 g/mol. The van der Waals surface area contributed by atoms with Crippen LogP contribution in [0.15, 0.2) is 0 Å². The van der Waals surface area contributed by atoms with Gasteiger partial charge in [-0.1, -0.05) is 0 Å². The summed E-state index contributed by atoms with van der Waals surface area (Å²) < 4.78 is 0. The topological polar surface area (TPSA) is 0 Å². The Bertz CT molecular complexity index is 4.85. The molecule has 0 aromatic heterocycles. The summed E-state index contributed by atoms with van der Waals surface area (Å²) in [5.74, 6) is 0. The molecule has 0 saturated heterocycles. The molecule has 0 aliphatic heterocycles. The predicted octanol–water partition coefficient (Wildman–Crippen LogP) is 1.80. The van der Waals surface area contributed by atoms with Crippen molar-refractivity contribution >= 4 is 32.6 Å². The summed E-state index contributed by atoms with van der Waals surface area (Å²) in [4.78, 5) is 0. The molecule has 0 heterocycles. The molecule has 0 aliphatic rings. The van der Waals surface area contributed by atoms with E-state index in [0.717, 1.165) is 13.1 Å². The van der Waals surface area contributed by atoms with E-state index in [1.165, 1.54) is 0 Å². The molecule has 0 aliphatic carbocycles. The summed E-state index contributed by atoms with van der Waals surface area (Å²) in [6.07, 6.45) is 0. The summed E-state index contributed by atoms with van der Waals surface area (Å²) in [7, 11) is 9.34. The van der Waals surface area contributed by atoms with Crippen LogP contribution in [0.2, 0.25) is 0 Å². The molecule has 1 radical (unpaired) electrons. The standard InChI is InChI=1S/3ClH.2Cu/h3*1H;;/q;;;;+2/p-2. The van der Waals surface area contributed by atoms with Crippen molar-refractivity contribution in [1.29, 1.82) is 0 Å². The van der Waals surface area contributed by atoms with Crippen LogP contribution in [-0.4, -0.2) is 0 Å². The third kappa shape index (κ3) is 24.8. The van der Waals surface area contributed by atoms with E-state index in [1.807, 2.05) is 0 Å². The van der Waals surface area contributed by atoms with Crippen molar-refractivity contribution in [2.45, 2.75) is 0 Å². The van der Waals surface area contributed by atoms with E-state index in [9.17, 15) is 0 Å². The fourth-order valence-electron chi connectivity index (χ4n) is 0. The third-order valence-corrected chi connectivity index (χ3v) is 0. The molecular formula is HCl3Cu2. The van der Waals surface area contributed by atoms with Crippen LogP contribution in [0, 0.1) is 0 Å². The van der Waals surface area contributed by atoms with Crippen LogP contribution in [0.3, 0.4) is 0 Å². The van der Waals surface area contributed by atoms with Gasteiger partial charge in [0.2, 0.25) is 0 Å². The minimum absolute atomic E-state index is 0. The molecule has 0 spiro atoms. The van der Waals surface area contributed by atoms with E-state index >= 15 is 0 Å². The Balaban J connectivity index is -0.0000000200. The van der Waals surface area contributed by atoms with E-state index in [4.69, 9.17) is 0 Å². The molecule has 44 valence electrons. The van der Waals surface area contributed by atoms with Crippen LogP contribution in [-0.2, 0) is 30.2 Å². The summed E-state index contributed by atoms with van der Waals surface area (Å²) in [6, 6.07) is 0. The van der Waals surface area contributed by atoms with Gasteiger partial charge in [0.1, 0.15) is 0 Å². The number of halogens is 3.